The first-order chi connectivity index (χ1) is 14.5. The molecular formula is C24H20N2O4. The second-order valence-corrected chi connectivity index (χ2v) is 6.61. The van der Waals surface area contributed by atoms with Crippen LogP contribution < -0.4 is 10.6 Å². The van der Waals surface area contributed by atoms with Crippen molar-refractivity contribution in [3.8, 4) is 0 Å². The number of amides is 2. The largest absolute Gasteiger partial charge is 0.326 e. The maximum Gasteiger partial charge on any atom is 0.232 e. The molecular weight excluding hydrogens is 380 g/mol. The molecule has 0 saturated carbocycles. The van der Waals surface area contributed by atoms with Crippen LogP contribution in [0, 0.1) is 0 Å². The molecule has 6 heteroatoms. The molecule has 0 aliphatic carbocycles. The van der Waals surface area contributed by atoms with Gasteiger partial charge in [0.05, 0.1) is 12.8 Å². The maximum atomic E-state index is 12.1. The smallest absolute Gasteiger partial charge is 0.232 e. The number of hydrogen-bond acceptors (Lipinski definition) is 4. The fourth-order valence-electron chi connectivity index (χ4n) is 2.79. The van der Waals surface area contributed by atoms with Gasteiger partial charge in [-0.3, -0.25) is 19.2 Å². The molecule has 150 valence electrons. The molecule has 0 spiro atoms. The summed E-state index contributed by atoms with van der Waals surface area (Å²) in [6.45, 7) is 0. The monoisotopic (exact) mass is 400 g/mol. The van der Waals surface area contributed by atoms with Crippen molar-refractivity contribution >= 4 is 34.8 Å². The molecule has 3 rings (SSSR count). The zero-order chi connectivity index (χ0) is 21.3. The molecule has 2 amide bonds. The van der Waals surface area contributed by atoms with Crippen molar-refractivity contribution < 1.29 is 19.2 Å². The van der Waals surface area contributed by atoms with Gasteiger partial charge in [0.25, 0.3) is 0 Å². The van der Waals surface area contributed by atoms with E-state index in [9.17, 15) is 19.2 Å². The summed E-state index contributed by atoms with van der Waals surface area (Å²) in [6.07, 6.45) is -0.520. The zero-order valence-corrected chi connectivity index (χ0v) is 16.1. The molecule has 0 saturated heterocycles. The normalized spacial score (nSPS) is 10.1. The van der Waals surface area contributed by atoms with E-state index in [1.807, 2.05) is 0 Å². The minimum atomic E-state index is -0.422. The van der Waals surface area contributed by atoms with Crippen molar-refractivity contribution in [3.05, 3.63) is 96.1 Å². The van der Waals surface area contributed by atoms with Crippen molar-refractivity contribution in [1.29, 1.82) is 0 Å². The number of anilines is 2. The number of carbonyl (C=O) groups is 4. The molecule has 0 aliphatic rings. The second kappa shape index (κ2) is 9.93. The molecule has 3 aromatic carbocycles. The van der Waals surface area contributed by atoms with E-state index >= 15 is 0 Å². The molecule has 6 nitrogen and oxygen atoms in total. The van der Waals surface area contributed by atoms with Crippen molar-refractivity contribution in [2.45, 2.75) is 12.8 Å². The van der Waals surface area contributed by atoms with Crippen LogP contribution in [-0.2, 0) is 9.59 Å². The lowest BCUT2D eigenvalue weighted by Gasteiger charge is -2.08. The Morgan fingerprint density at radius 2 is 0.833 bits per heavy atom. The van der Waals surface area contributed by atoms with Gasteiger partial charge in [-0.15, -0.1) is 0 Å². The first-order valence-corrected chi connectivity index (χ1v) is 9.37. The fraction of sp³-hybridized carbons (Fsp3) is 0.0833. The highest BCUT2D eigenvalue weighted by Crippen LogP contribution is 2.15. The summed E-state index contributed by atoms with van der Waals surface area (Å²) in [6, 6.07) is 23.7. The summed E-state index contributed by atoms with van der Waals surface area (Å²) in [5.41, 5.74) is 1.96. The number of carbonyl (C=O) groups excluding carboxylic acids is 4. The molecule has 0 aliphatic heterocycles. The number of nitrogens with one attached hydrogen (secondary N) is 2. The Labute approximate surface area is 173 Å². The topological polar surface area (TPSA) is 92.3 Å². The molecule has 0 radical (unpaired) electrons. The van der Waals surface area contributed by atoms with E-state index in [1.54, 1.807) is 84.9 Å². The van der Waals surface area contributed by atoms with Gasteiger partial charge in [0.2, 0.25) is 11.8 Å². The Morgan fingerprint density at radius 3 is 1.17 bits per heavy atom. The first-order valence-electron chi connectivity index (χ1n) is 9.37. The van der Waals surface area contributed by atoms with Crippen LogP contribution in [-0.4, -0.2) is 23.4 Å². The second-order valence-electron chi connectivity index (χ2n) is 6.61. The predicted molar refractivity (Wildman–Crippen MR) is 114 cm³/mol. The summed E-state index contributed by atoms with van der Waals surface area (Å²) in [5.74, 6) is -1.37. The molecule has 0 fully saturated rings. The highest BCUT2D eigenvalue weighted by molar-refractivity contribution is 6.12. The van der Waals surface area contributed by atoms with Crippen LogP contribution in [0.25, 0.3) is 0 Å². The zero-order valence-electron chi connectivity index (χ0n) is 16.1. The molecule has 0 bridgehead atoms. The van der Waals surface area contributed by atoms with E-state index in [1.165, 1.54) is 0 Å². The third-order valence-electron chi connectivity index (χ3n) is 4.29. The van der Waals surface area contributed by atoms with E-state index in [2.05, 4.69) is 10.6 Å². The first kappa shape index (κ1) is 20.7. The minimum absolute atomic E-state index is 0.260. The average molecular weight is 400 g/mol. The molecule has 0 heterocycles. The van der Waals surface area contributed by atoms with Crippen LogP contribution in [0.15, 0.2) is 84.9 Å². The standard InChI is InChI=1S/C24H20N2O4/c27-21(17-7-3-1-4-8-17)15-23(29)25-19-11-13-20(14-12-19)26-24(30)16-22(28)18-9-5-2-6-10-18/h1-14H,15-16H2,(H,25,29)(H,26,30). The summed E-state index contributed by atoms with van der Waals surface area (Å²) in [4.78, 5) is 48.3. The van der Waals surface area contributed by atoms with Gasteiger partial charge in [0, 0.05) is 22.5 Å². The molecule has 3 aromatic rings. The lowest BCUT2D eigenvalue weighted by Crippen LogP contribution is -2.17. The van der Waals surface area contributed by atoms with Crippen molar-refractivity contribution in [1.82, 2.24) is 0 Å². The van der Waals surface area contributed by atoms with Crippen LogP contribution in [0.2, 0.25) is 0 Å². The number of hydrogen-bond donors (Lipinski definition) is 2. The van der Waals surface area contributed by atoms with Crippen molar-refractivity contribution in [2.75, 3.05) is 10.6 Å². The predicted octanol–water partition coefficient (Wildman–Crippen LogP) is 4.11. The van der Waals surface area contributed by atoms with E-state index < -0.39 is 11.8 Å². The average Bonchev–Trinajstić information content (AvgIpc) is 2.76. The van der Waals surface area contributed by atoms with Crippen LogP contribution in [0.1, 0.15) is 33.6 Å². The number of benzene rings is 3. The fourth-order valence-corrected chi connectivity index (χ4v) is 2.79. The van der Waals surface area contributed by atoms with Gasteiger partial charge in [0.15, 0.2) is 11.6 Å². The number of Topliss-reactive ketones (excluding diaryl/α,β-unsaturated/α-hetero) is 2. The van der Waals surface area contributed by atoms with Gasteiger partial charge >= 0.3 is 0 Å². The summed E-state index contributed by atoms with van der Waals surface area (Å²) < 4.78 is 0. The minimum Gasteiger partial charge on any atom is -0.326 e. The Hall–Kier alpha value is -4.06. The van der Waals surface area contributed by atoms with Crippen LogP contribution in [0.4, 0.5) is 11.4 Å². The number of rotatable bonds is 8. The third-order valence-corrected chi connectivity index (χ3v) is 4.29. The number of ketones is 2. The summed E-state index contributed by atoms with van der Waals surface area (Å²) in [7, 11) is 0. The third kappa shape index (κ3) is 5.97. The molecule has 0 atom stereocenters. The Balaban J connectivity index is 1.49. The van der Waals surface area contributed by atoms with Crippen LogP contribution >= 0.6 is 0 Å². The lowest BCUT2D eigenvalue weighted by atomic mass is 10.1. The summed E-state index contributed by atoms with van der Waals surface area (Å²) in [5, 5.41) is 5.30. The van der Waals surface area contributed by atoms with E-state index in [4.69, 9.17) is 0 Å². The van der Waals surface area contributed by atoms with Crippen LogP contribution in [0.5, 0.6) is 0 Å². The van der Waals surface area contributed by atoms with Gasteiger partial charge in [-0.25, -0.2) is 0 Å². The Morgan fingerprint density at radius 1 is 0.500 bits per heavy atom. The van der Waals surface area contributed by atoms with Gasteiger partial charge < -0.3 is 10.6 Å². The van der Waals surface area contributed by atoms with Gasteiger partial charge in [-0.2, -0.15) is 0 Å². The van der Waals surface area contributed by atoms with Gasteiger partial charge in [-0.1, -0.05) is 60.7 Å². The van der Waals surface area contributed by atoms with Crippen molar-refractivity contribution in [3.63, 3.8) is 0 Å². The highest BCUT2D eigenvalue weighted by atomic mass is 16.2. The van der Waals surface area contributed by atoms with E-state index in [-0.39, 0.29) is 24.4 Å². The quantitative estimate of drug-likeness (QED) is 0.440. The molecule has 2 N–H and O–H groups in total. The molecule has 30 heavy (non-hydrogen) atoms. The summed E-state index contributed by atoms with van der Waals surface area (Å²) >= 11 is 0. The SMILES string of the molecule is O=C(CC(=O)c1ccccc1)Nc1ccc(NC(=O)CC(=O)c2ccccc2)cc1. The van der Waals surface area contributed by atoms with E-state index in [0.717, 1.165) is 0 Å². The van der Waals surface area contributed by atoms with Crippen LogP contribution in [0.3, 0.4) is 0 Å². The Bertz CT molecular complexity index is 959. The highest BCUT2D eigenvalue weighted by Gasteiger charge is 2.13. The van der Waals surface area contributed by atoms with Gasteiger partial charge in [0.1, 0.15) is 0 Å². The molecule has 0 aromatic heterocycles. The Kier molecular flexibility index (Phi) is 6.84. The van der Waals surface area contributed by atoms with Gasteiger partial charge in [-0.05, 0) is 24.3 Å². The van der Waals surface area contributed by atoms with E-state index in [0.29, 0.717) is 22.5 Å². The van der Waals surface area contributed by atoms with Crippen molar-refractivity contribution in [2.24, 2.45) is 0 Å². The maximum absolute atomic E-state index is 12.1. The molecule has 0 unspecified atom stereocenters. The lowest BCUT2D eigenvalue weighted by molar-refractivity contribution is -0.116.